The van der Waals surface area contributed by atoms with Gasteiger partial charge in [-0.25, -0.2) is 0 Å². The smallest absolute Gasteiger partial charge is 0.254 e. The van der Waals surface area contributed by atoms with Crippen LogP contribution < -0.4 is 4.74 Å². The number of aryl methyl sites for hydroxylation is 1. The highest BCUT2D eigenvalue weighted by Crippen LogP contribution is 2.16. The average Bonchev–Trinajstić information content (AvgIpc) is 3.30. The molecular formula is C23H32ClN5O4. The molecule has 0 aliphatic carbocycles. The van der Waals surface area contributed by atoms with Crippen LogP contribution in [0, 0.1) is 0 Å². The zero-order valence-corrected chi connectivity index (χ0v) is 19.9. The fourth-order valence-electron chi connectivity index (χ4n) is 4.22. The zero-order chi connectivity index (χ0) is 22.3. The number of hydrogen-bond acceptors (Lipinski definition) is 7. The monoisotopic (exact) mass is 477 g/mol. The molecule has 180 valence electrons. The van der Waals surface area contributed by atoms with Gasteiger partial charge in [-0.2, -0.15) is 4.98 Å². The lowest BCUT2D eigenvalue weighted by Crippen LogP contribution is -2.48. The van der Waals surface area contributed by atoms with Gasteiger partial charge in [-0.15, -0.1) is 12.4 Å². The standard InChI is InChI=1S/C23H31N5O4.ClH/c1-31-19-7-5-6-18(16-19)23(30)28-14-12-26(13-15-28)17-20-24-21(32-25-20)8-9-22(29)27-10-3-2-4-11-27;/h5-7,16H,2-4,8-15,17H2,1H3;1H. The van der Waals surface area contributed by atoms with E-state index in [1.807, 2.05) is 28.0 Å². The molecule has 2 aliphatic rings. The van der Waals surface area contributed by atoms with Gasteiger partial charge >= 0.3 is 0 Å². The summed E-state index contributed by atoms with van der Waals surface area (Å²) in [5.74, 6) is 2.00. The topological polar surface area (TPSA) is 92.0 Å². The Balaban J connectivity index is 0.00000306. The summed E-state index contributed by atoms with van der Waals surface area (Å²) in [6, 6.07) is 7.24. The summed E-state index contributed by atoms with van der Waals surface area (Å²) >= 11 is 0. The number of hydrogen-bond donors (Lipinski definition) is 0. The average molecular weight is 478 g/mol. The van der Waals surface area contributed by atoms with Crippen molar-refractivity contribution in [2.45, 2.75) is 38.6 Å². The molecule has 2 aromatic rings. The van der Waals surface area contributed by atoms with Gasteiger partial charge < -0.3 is 19.1 Å². The second-order valence-corrected chi connectivity index (χ2v) is 8.35. The van der Waals surface area contributed by atoms with E-state index in [1.165, 1.54) is 6.42 Å². The van der Waals surface area contributed by atoms with Gasteiger partial charge in [0.05, 0.1) is 13.7 Å². The lowest BCUT2D eigenvalue weighted by molar-refractivity contribution is -0.132. The molecule has 33 heavy (non-hydrogen) atoms. The van der Waals surface area contributed by atoms with Crippen molar-refractivity contribution in [2.75, 3.05) is 46.4 Å². The van der Waals surface area contributed by atoms with Crippen LogP contribution in [-0.2, 0) is 17.8 Å². The first kappa shape index (κ1) is 25.0. The molecule has 2 aliphatic heterocycles. The van der Waals surface area contributed by atoms with E-state index < -0.39 is 0 Å². The van der Waals surface area contributed by atoms with Crippen LogP contribution >= 0.6 is 12.4 Å². The summed E-state index contributed by atoms with van der Waals surface area (Å²) in [5.41, 5.74) is 0.639. The van der Waals surface area contributed by atoms with Crippen molar-refractivity contribution in [3.8, 4) is 5.75 Å². The molecule has 4 rings (SSSR count). The molecular weight excluding hydrogens is 446 g/mol. The molecule has 1 aromatic heterocycles. The van der Waals surface area contributed by atoms with Crippen LogP contribution in [0.5, 0.6) is 5.75 Å². The fourth-order valence-corrected chi connectivity index (χ4v) is 4.22. The Labute approximate surface area is 200 Å². The Kier molecular flexibility index (Phi) is 9.08. The molecule has 2 amide bonds. The molecule has 0 radical (unpaired) electrons. The highest BCUT2D eigenvalue weighted by molar-refractivity contribution is 5.94. The van der Waals surface area contributed by atoms with Gasteiger partial charge in [0.1, 0.15) is 5.75 Å². The normalized spacial score (nSPS) is 16.9. The van der Waals surface area contributed by atoms with Crippen LogP contribution in [0.3, 0.4) is 0 Å². The molecule has 2 fully saturated rings. The molecule has 10 heteroatoms. The minimum Gasteiger partial charge on any atom is -0.497 e. The van der Waals surface area contributed by atoms with Gasteiger partial charge in [-0.3, -0.25) is 14.5 Å². The van der Waals surface area contributed by atoms with Crippen molar-refractivity contribution < 1.29 is 18.8 Å². The summed E-state index contributed by atoms with van der Waals surface area (Å²) < 4.78 is 10.6. The van der Waals surface area contributed by atoms with Crippen LogP contribution in [0.4, 0.5) is 0 Å². The molecule has 0 saturated carbocycles. The summed E-state index contributed by atoms with van der Waals surface area (Å²) in [4.78, 5) is 35.5. The molecule has 9 nitrogen and oxygen atoms in total. The van der Waals surface area contributed by atoms with E-state index in [0.717, 1.165) is 39.0 Å². The number of carbonyl (C=O) groups excluding carboxylic acids is 2. The van der Waals surface area contributed by atoms with Crippen LogP contribution in [0.2, 0.25) is 0 Å². The first-order valence-corrected chi connectivity index (χ1v) is 11.4. The van der Waals surface area contributed by atoms with E-state index in [2.05, 4.69) is 15.0 Å². The molecule has 3 heterocycles. The maximum Gasteiger partial charge on any atom is 0.254 e. The summed E-state index contributed by atoms with van der Waals surface area (Å²) in [6.45, 7) is 5.07. The lowest BCUT2D eigenvalue weighted by atomic mass is 10.1. The van der Waals surface area contributed by atoms with E-state index in [-0.39, 0.29) is 24.2 Å². The van der Waals surface area contributed by atoms with Gasteiger partial charge in [-0.05, 0) is 37.5 Å². The summed E-state index contributed by atoms with van der Waals surface area (Å²) in [6.07, 6.45) is 4.28. The predicted octanol–water partition coefficient (Wildman–Crippen LogP) is 2.40. The van der Waals surface area contributed by atoms with Gasteiger partial charge in [0, 0.05) is 57.7 Å². The third-order valence-corrected chi connectivity index (χ3v) is 6.11. The van der Waals surface area contributed by atoms with Gasteiger partial charge in [0.15, 0.2) is 5.82 Å². The van der Waals surface area contributed by atoms with Gasteiger partial charge in [-0.1, -0.05) is 11.2 Å². The molecule has 0 unspecified atom stereocenters. The number of methoxy groups -OCH3 is 1. The second kappa shape index (κ2) is 12.0. The van der Waals surface area contributed by atoms with E-state index in [0.29, 0.717) is 55.5 Å². The lowest BCUT2D eigenvalue weighted by Gasteiger charge is -2.34. The van der Waals surface area contributed by atoms with Gasteiger partial charge in [0.25, 0.3) is 5.91 Å². The quantitative estimate of drug-likeness (QED) is 0.604. The highest BCUT2D eigenvalue weighted by atomic mass is 35.5. The molecule has 0 atom stereocenters. The molecule has 0 bridgehead atoms. The number of piperazine rings is 1. The van der Waals surface area contributed by atoms with E-state index in [4.69, 9.17) is 9.26 Å². The SMILES string of the molecule is COc1cccc(C(=O)N2CCN(Cc3noc(CCC(=O)N4CCCCC4)n3)CC2)c1.Cl. The van der Waals surface area contributed by atoms with Gasteiger partial charge in [0.2, 0.25) is 11.8 Å². The summed E-state index contributed by atoms with van der Waals surface area (Å²) in [5, 5.41) is 4.07. The number of likely N-dealkylation sites (tertiary alicyclic amines) is 1. The largest absolute Gasteiger partial charge is 0.497 e. The van der Waals surface area contributed by atoms with Crippen LogP contribution in [0.25, 0.3) is 0 Å². The Morgan fingerprint density at radius 2 is 1.79 bits per heavy atom. The molecule has 1 aromatic carbocycles. The van der Waals surface area contributed by atoms with Crippen LogP contribution in [0.15, 0.2) is 28.8 Å². The molecule has 2 saturated heterocycles. The van der Waals surface area contributed by atoms with Crippen molar-refractivity contribution in [2.24, 2.45) is 0 Å². The van der Waals surface area contributed by atoms with Crippen molar-refractivity contribution in [3.05, 3.63) is 41.5 Å². The van der Waals surface area contributed by atoms with Crippen LogP contribution in [0.1, 0.15) is 47.8 Å². The number of aromatic nitrogens is 2. The number of halogens is 1. The van der Waals surface area contributed by atoms with Crippen molar-refractivity contribution >= 4 is 24.2 Å². The maximum atomic E-state index is 12.8. The van der Waals surface area contributed by atoms with Crippen molar-refractivity contribution in [1.29, 1.82) is 0 Å². The van der Waals surface area contributed by atoms with Crippen molar-refractivity contribution in [1.82, 2.24) is 24.8 Å². The second-order valence-electron chi connectivity index (χ2n) is 8.35. The number of benzene rings is 1. The summed E-state index contributed by atoms with van der Waals surface area (Å²) in [7, 11) is 1.60. The number of rotatable bonds is 7. The number of amides is 2. The van der Waals surface area contributed by atoms with Crippen molar-refractivity contribution in [3.63, 3.8) is 0 Å². The van der Waals surface area contributed by atoms with Crippen LogP contribution in [-0.4, -0.2) is 83.0 Å². The molecule has 0 spiro atoms. The number of ether oxygens (including phenoxy) is 1. The Bertz CT molecular complexity index is 923. The third kappa shape index (κ3) is 6.68. The first-order valence-electron chi connectivity index (χ1n) is 11.4. The Morgan fingerprint density at radius 1 is 1.03 bits per heavy atom. The van der Waals surface area contributed by atoms with E-state index >= 15 is 0 Å². The minimum atomic E-state index is 0. The minimum absolute atomic E-state index is 0. The third-order valence-electron chi connectivity index (χ3n) is 6.11. The highest BCUT2D eigenvalue weighted by Gasteiger charge is 2.24. The number of nitrogens with zero attached hydrogens (tertiary/aromatic N) is 5. The zero-order valence-electron chi connectivity index (χ0n) is 19.1. The number of piperidine rings is 1. The molecule has 0 N–H and O–H groups in total. The predicted molar refractivity (Wildman–Crippen MR) is 124 cm³/mol. The van der Waals surface area contributed by atoms with E-state index in [9.17, 15) is 9.59 Å². The first-order chi connectivity index (χ1) is 15.6. The van der Waals surface area contributed by atoms with E-state index in [1.54, 1.807) is 13.2 Å². The fraction of sp³-hybridized carbons (Fsp3) is 0.565. The Morgan fingerprint density at radius 3 is 2.52 bits per heavy atom. The Hall–Kier alpha value is -2.65. The maximum absolute atomic E-state index is 12.8. The number of carbonyl (C=O) groups is 2.